The SMILES string of the molecule is O=C(c1cn(-c2ccccc2)nc1-c1cccnc1)N1CCC2CCC(C1)N2. The van der Waals surface area contributed by atoms with Crippen LogP contribution < -0.4 is 5.32 Å². The van der Waals surface area contributed by atoms with E-state index in [9.17, 15) is 4.79 Å². The van der Waals surface area contributed by atoms with Crippen molar-refractivity contribution in [3.8, 4) is 16.9 Å². The maximum absolute atomic E-state index is 13.5. The number of pyridine rings is 1. The molecule has 2 bridgehead atoms. The quantitative estimate of drug-likeness (QED) is 0.767. The summed E-state index contributed by atoms with van der Waals surface area (Å²) in [6, 6.07) is 14.7. The third-order valence-corrected chi connectivity index (χ3v) is 5.71. The number of rotatable bonds is 3. The van der Waals surface area contributed by atoms with Gasteiger partial charge >= 0.3 is 0 Å². The predicted molar refractivity (Wildman–Crippen MR) is 107 cm³/mol. The summed E-state index contributed by atoms with van der Waals surface area (Å²) in [5, 5.41) is 8.39. The fraction of sp³-hybridized carbons (Fsp3) is 0.318. The van der Waals surface area contributed by atoms with Crippen molar-refractivity contribution in [1.82, 2.24) is 25.0 Å². The minimum Gasteiger partial charge on any atom is -0.337 e. The Bertz CT molecular complexity index is 969. The molecule has 0 radical (unpaired) electrons. The van der Waals surface area contributed by atoms with Crippen molar-refractivity contribution in [3.63, 3.8) is 0 Å². The summed E-state index contributed by atoms with van der Waals surface area (Å²) in [5.74, 6) is 0.0513. The van der Waals surface area contributed by atoms with Gasteiger partial charge in [-0.3, -0.25) is 9.78 Å². The molecule has 28 heavy (non-hydrogen) atoms. The summed E-state index contributed by atoms with van der Waals surface area (Å²) in [5.41, 5.74) is 3.11. The normalized spacial score (nSPS) is 21.5. The van der Waals surface area contributed by atoms with Gasteiger partial charge in [0, 0.05) is 49.3 Å². The number of benzene rings is 1. The minimum absolute atomic E-state index is 0.0513. The molecule has 2 saturated heterocycles. The van der Waals surface area contributed by atoms with E-state index in [0.29, 0.717) is 23.3 Å². The van der Waals surface area contributed by atoms with Gasteiger partial charge in [0.15, 0.2) is 0 Å². The van der Waals surface area contributed by atoms with Crippen LogP contribution in [0.4, 0.5) is 0 Å². The van der Waals surface area contributed by atoms with Gasteiger partial charge in [-0.1, -0.05) is 18.2 Å². The maximum Gasteiger partial charge on any atom is 0.257 e. The lowest BCUT2D eigenvalue weighted by atomic mass is 10.1. The highest BCUT2D eigenvalue weighted by molar-refractivity contribution is 6.00. The fourth-order valence-corrected chi connectivity index (χ4v) is 4.26. The summed E-state index contributed by atoms with van der Waals surface area (Å²) < 4.78 is 1.79. The molecule has 2 fully saturated rings. The second kappa shape index (κ2) is 7.20. The Kier molecular flexibility index (Phi) is 4.41. The van der Waals surface area contributed by atoms with Crippen molar-refractivity contribution in [3.05, 3.63) is 66.6 Å². The monoisotopic (exact) mass is 373 g/mol. The Labute approximate surface area is 164 Å². The van der Waals surface area contributed by atoms with E-state index in [4.69, 9.17) is 5.10 Å². The second-order valence-corrected chi connectivity index (χ2v) is 7.59. The van der Waals surface area contributed by atoms with Crippen molar-refractivity contribution >= 4 is 5.91 Å². The van der Waals surface area contributed by atoms with Crippen LogP contribution in [0.5, 0.6) is 0 Å². The number of hydrogen-bond donors (Lipinski definition) is 1. The number of amides is 1. The summed E-state index contributed by atoms with van der Waals surface area (Å²) in [4.78, 5) is 19.7. The van der Waals surface area contributed by atoms with Crippen molar-refractivity contribution < 1.29 is 4.79 Å². The fourth-order valence-electron chi connectivity index (χ4n) is 4.26. The van der Waals surface area contributed by atoms with Gasteiger partial charge < -0.3 is 10.2 Å². The number of carbonyl (C=O) groups is 1. The van der Waals surface area contributed by atoms with E-state index in [2.05, 4.69) is 10.3 Å². The first-order valence-electron chi connectivity index (χ1n) is 9.89. The third kappa shape index (κ3) is 3.20. The molecule has 142 valence electrons. The van der Waals surface area contributed by atoms with Crippen LogP contribution in [0.1, 0.15) is 29.6 Å². The Morgan fingerprint density at radius 3 is 2.71 bits per heavy atom. The maximum atomic E-state index is 13.5. The molecule has 1 aromatic carbocycles. The third-order valence-electron chi connectivity index (χ3n) is 5.71. The lowest BCUT2D eigenvalue weighted by Gasteiger charge is -2.24. The zero-order valence-corrected chi connectivity index (χ0v) is 15.7. The molecule has 4 heterocycles. The smallest absolute Gasteiger partial charge is 0.257 e. The van der Waals surface area contributed by atoms with Crippen LogP contribution in [0.15, 0.2) is 61.1 Å². The average molecular weight is 373 g/mol. The molecule has 2 atom stereocenters. The molecule has 0 saturated carbocycles. The van der Waals surface area contributed by atoms with Crippen molar-refractivity contribution in [2.45, 2.75) is 31.3 Å². The Hall–Kier alpha value is -2.99. The van der Waals surface area contributed by atoms with Gasteiger partial charge in [-0.25, -0.2) is 4.68 Å². The van der Waals surface area contributed by atoms with Crippen LogP contribution >= 0.6 is 0 Å². The molecule has 1 amide bonds. The van der Waals surface area contributed by atoms with E-state index >= 15 is 0 Å². The van der Waals surface area contributed by atoms with Crippen LogP contribution in [-0.2, 0) is 0 Å². The van der Waals surface area contributed by atoms with Gasteiger partial charge in [-0.05, 0) is 43.5 Å². The molecular weight excluding hydrogens is 350 g/mol. The van der Waals surface area contributed by atoms with Crippen LogP contribution in [0.25, 0.3) is 16.9 Å². The Morgan fingerprint density at radius 2 is 1.89 bits per heavy atom. The topological polar surface area (TPSA) is 63.1 Å². The van der Waals surface area contributed by atoms with Gasteiger partial charge in [-0.15, -0.1) is 0 Å². The lowest BCUT2D eigenvalue weighted by Crippen LogP contribution is -2.39. The van der Waals surface area contributed by atoms with Gasteiger partial charge in [0.05, 0.1) is 11.3 Å². The molecule has 5 rings (SSSR count). The predicted octanol–water partition coefficient (Wildman–Crippen LogP) is 2.90. The Morgan fingerprint density at radius 1 is 1.04 bits per heavy atom. The molecule has 6 nitrogen and oxygen atoms in total. The highest BCUT2D eigenvalue weighted by atomic mass is 16.2. The summed E-state index contributed by atoms with van der Waals surface area (Å²) >= 11 is 0. The van der Waals surface area contributed by atoms with Gasteiger partial charge in [0.25, 0.3) is 5.91 Å². The van der Waals surface area contributed by atoms with Gasteiger partial charge in [0.2, 0.25) is 0 Å². The molecule has 0 aliphatic carbocycles. The standard InChI is InChI=1S/C22H23N5O/c28-22(26-12-10-17-8-9-18(14-26)24-17)20-15-27(19-6-2-1-3-7-19)25-21(20)16-5-4-11-23-13-16/h1-7,11,13,15,17-18,24H,8-10,12,14H2. The van der Waals surface area contributed by atoms with Crippen LogP contribution in [0.2, 0.25) is 0 Å². The number of hydrogen-bond acceptors (Lipinski definition) is 4. The first-order chi connectivity index (χ1) is 13.8. The van der Waals surface area contributed by atoms with Crippen LogP contribution in [-0.4, -0.2) is 50.7 Å². The molecule has 2 aliphatic rings. The number of aromatic nitrogens is 3. The highest BCUT2D eigenvalue weighted by Gasteiger charge is 2.33. The minimum atomic E-state index is 0.0513. The summed E-state index contributed by atoms with van der Waals surface area (Å²) in [6.07, 6.45) is 8.73. The highest BCUT2D eigenvalue weighted by Crippen LogP contribution is 2.27. The van der Waals surface area contributed by atoms with Gasteiger partial charge in [0.1, 0.15) is 5.69 Å². The summed E-state index contributed by atoms with van der Waals surface area (Å²) in [7, 11) is 0. The van der Waals surface area contributed by atoms with E-state index in [0.717, 1.165) is 37.2 Å². The van der Waals surface area contributed by atoms with E-state index in [1.807, 2.05) is 53.6 Å². The number of nitrogens with zero attached hydrogens (tertiary/aromatic N) is 4. The van der Waals surface area contributed by atoms with Crippen molar-refractivity contribution in [2.75, 3.05) is 13.1 Å². The van der Waals surface area contributed by atoms with Gasteiger partial charge in [-0.2, -0.15) is 5.10 Å². The van der Waals surface area contributed by atoms with E-state index < -0.39 is 0 Å². The van der Waals surface area contributed by atoms with Crippen molar-refractivity contribution in [1.29, 1.82) is 0 Å². The zero-order valence-electron chi connectivity index (χ0n) is 15.7. The number of para-hydroxylation sites is 1. The average Bonchev–Trinajstić information content (AvgIpc) is 3.32. The number of nitrogens with one attached hydrogen (secondary N) is 1. The number of carbonyl (C=O) groups excluding carboxylic acids is 1. The van der Waals surface area contributed by atoms with Crippen LogP contribution in [0, 0.1) is 0 Å². The van der Waals surface area contributed by atoms with E-state index in [-0.39, 0.29) is 5.91 Å². The molecule has 0 spiro atoms. The van der Waals surface area contributed by atoms with Crippen LogP contribution in [0.3, 0.4) is 0 Å². The molecule has 6 heteroatoms. The first kappa shape index (κ1) is 17.1. The molecule has 2 unspecified atom stereocenters. The molecule has 2 aliphatic heterocycles. The lowest BCUT2D eigenvalue weighted by molar-refractivity contribution is 0.0749. The summed E-state index contributed by atoms with van der Waals surface area (Å²) in [6.45, 7) is 1.55. The van der Waals surface area contributed by atoms with E-state index in [1.54, 1.807) is 17.1 Å². The molecule has 1 N–H and O–H groups in total. The molecule has 3 aromatic rings. The van der Waals surface area contributed by atoms with Crippen molar-refractivity contribution in [2.24, 2.45) is 0 Å². The molecular formula is C22H23N5O. The largest absolute Gasteiger partial charge is 0.337 e. The van der Waals surface area contributed by atoms with E-state index in [1.165, 1.54) is 6.42 Å². The molecule has 2 aromatic heterocycles. The zero-order chi connectivity index (χ0) is 18.9. The first-order valence-corrected chi connectivity index (χ1v) is 9.89. The Balaban J connectivity index is 1.53. The second-order valence-electron chi connectivity index (χ2n) is 7.59. The number of fused-ring (bicyclic) bond motifs is 2. The number of likely N-dealkylation sites (tertiary alicyclic amines) is 1.